The molecular formula is C17H25F3N2O3S2. The van der Waals surface area contributed by atoms with Crippen molar-refractivity contribution in [2.75, 3.05) is 32.5 Å². The van der Waals surface area contributed by atoms with Crippen LogP contribution in [0.5, 0.6) is 0 Å². The maximum absolute atomic E-state index is 12.6. The number of nitrogens with one attached hydrogen (secondary N) is 1. The average Bonchev–Trinajstić information content (AvgIpc) is 3.22. The predicted octanol–water partition coefficient (Wildman–Crippen LogP) is 2.23. The first-order valence-corrected chi connectivity index (χ1v) is 10.8. The zero-order valence-electron chi connectivity index (χ0n) is 15.0. The van der Waals surface area contributed by atoms with Gasteiger partial charge >= 0.3 is 6.18 Å². The van der Waals surface area contributed by atoms with Gasteiger partial charge in [-0.2, -0.15) is 30.1 Å². The third-order valence-corrected chi connectivity index (χ3v) is 7.16. The Bertz CT molecular complexity index is 709. The minimum atomic E-state index is -4.47. The highest BCUT2D eigenvalue weighted by Crippen LogP contribution is 2.40. The van der Waals surface area contributed by atoms with Crippen LogP contribution in [-0.2, 0) is 16.2 Å². The van der Waals surface area contributed by atoms with Gasteiger partial charge in [0.05, 0.1) is 17.1 Å². The highest BCUT2D eigenvalue weighted by Gasteiger charge is 2.45. The van der Waals surface area contributed by atoms with E-state index < -0.39 is 21.8 Å². The summed E-state index contributed by atoms with van der Waals surface area (Å²) in [6.07, 6.45) is -2.44. The second kappa shape index (κ2) is 9.13. The predicted molar refractivity (Wildman–Crippen MR) is 100 cm³/mol. The number of aliphatic hydroxyl groups excluding tert-OH is 1. The molecule has 0 spiro atoms. The van der Waals surface area contributed by atoms with Gasteiger partial charge in [0.25, 0.3) is 0 Å². The van der Waals surface area contributed by atoms with Gasteiger partial charge < -0.3 is 10.4 Å². The normalized spacial score (nSPS) is 25.8. The lowest BCUT2D eigenvalue weighted by atomic mass is 9.98. The second-order valence-electron chi connectivity index (χ2n) is 6.69. The summed E-state index contributed by atoms with van der Waals surface area (Å²) in [6.45, 7) is 1.06. The molecule has 5 nitrogen and oxygen atoms in total. The van der Waals surface area contributed by atoms with Crippen LogP contribution in [-0.4, -0.2) is 56.4 Å². The van der Waals surface area contributed by atoms with E-state index >= 15 is 0 Å². The van der Waals surface area contributed by atoms with E-state index in [0.717, 1.165) is 37.1 Å². The average molecular weight is 427 g/mol. The van der Waals surface area contributed by atoms with Crippen molar-refractivity contribution < 1.29 is 26.7 Å². The monoisotopic (exact) mass is 426 g/mol. The summed E-state index contributed by atoms with van der Waals surface area (Å²) in [5.74, 6) is 1.18. The molecule has 0 bridgehead atoms. The molecule has 1 aromatic rings. The number of fused-ring (bicyclic) bond motifs is 1. The van der Waals surface area contributed by atoms with E-state index in [2.05, 4.69) is 17.9 Å². The number of halogens is 3. The van der Waals surface area contributed by atoms with Gasteiger partial charge in [0.2, 0.25) is 10.0 Å². The first-order valence-electron chi connectivity index (χ1n) is 8.71. The molecule has 1 saturated heterocycles. The van der Waals surface area contributed by atoms with Crippen LogP contribution in [0.3, 0.4) is 0 Å². The third kappa shape index (κ3) is 5.17. The van der Waals surface area contributed by atoms with Crippen LogP contribution in [0.2, 0.25) is 0 Å². The zero-order chi connectivity index (χ0) is 20.2. The molecule has 0 radical (unpaired) electrons. The molecule has 0 unspecified atom stereocenters. The number of alkyl halides is 3. The lowest BCUT2D eigenvalue weighted by molar-refractivity contribution is -0.137. The van der Waals surface area contributed by atoms with Crippen LogP contribution in [0.25, 0.3) is 0 Å². The lowest BCUT2D eigenvalue weighted by Gasteiger charge is -2.20. The molecule has 0 amide bonds. The van der Waals surface area contributed by atoms with Crippen molar-refractivity contribution in [1.82, 2.24) is 9.62 Å². The quantitative estimate of drug-likeness (QED) is 0.646. The van der Waals surface area contributed by atoms with Crippen LogP contribution in [0.4, 0.5) is 13.2 Å². The molecule has 0 aromatic heterocycles. The molecule has 1 aromatic carbocycles. The summed E-state index contributed by atoms with van der Waals surface area (Å²) < 4.78 is 64.5. The van der Waals surface area contributed by atoms with Crippen LogP contribution in [0.1, 0.15) is 18.4 Å². The van der Waals surface area contributed by atoms with Crippen LogP contribution in [0, 0.1) is 11.8 Å². The van der Waals surface area contributed by atoms with E-state index in [4.69, 9.17) is 5.11 Å². The van der Waals surface area contributed by atoms with Crippen LogP contribution < -0.4 is 5.32 Å². The van der Waals surface area contributed by atoms with Gasteiger partial charge in [0.15, 0.2) is 0 Å². The fourth-order valence-corrected chi connectivity index (χ4v) is 5.28. The molecule has 1 aliphatic heterocycles. The Balaban J connectivity index is 0.000000596. The van der Waals surface area contributed by atoms with Gasteiger partial charge in [-0.05, 0) is 56.0 Å². The summed E-state index contributed by atoms with van der Waals surface area (Å²) in [5, 5.41) is 11.0. The first kappa shape index (κ1) is 22.5. The molecule has 1 heterocycles. The summed E-state index contributed by atoms with van der Waals surface area (Å²) in [6, 6.07) is 4.04. The SMILES string of the molecule is CN[C@H]1CC[C@@H]2CN(S(=O)(=O)c3ccc(C(F)(F)F)cc3)C[C@@H]21.OCCS. The number of sulfonamides is 1. The molecule has 27 heavy (non-hydrogen) atoms. The number of hydrogen-bond donors (Lipinski definition) is 3. The van der Waals surface area contributed by atoms with Crippen molar-refractivity contribution in [3.63, 3.8) is 0 Å². The smallest absolute Gasteiger partial charge is 0.396 e. The molecule has 2 fully saturated rings. The number of thiol groups is 1. The third-order valence-electron chi connectivity index (χ3n) is 5.11. The molecule has 154 valence electrons. The highest BCUT2D eigenvalue weighted by atomic mass is 32.2. The second-order valence-corrected chi connectivity index (χ2v) is 9.07. The summed E-state index contributed by atoms with van der Waals surface area (Å²) in [4.78, 5) is -0.0773. The molecule has 2 aliphatic rings. The molecular weight excluding hydrogens is 401 g/mol. The summed E-state index contributed by atoms with van der Waals surface area (Å²) >= 11 is 3.67. The van der Waals surface area contributed by atoms with E-state index in [-0.39, 0.29) is 17.4 Å². The van der Waals surface area contributed by atoms with Crippen LogP contribution in [0.15, 0.2) is 29.2 Å². The molecule has 1 aliphatic carbocycles. The van der Waals surface area contributed by atoms with Gasteiger partial charge in [-0.1, -0.05) is 0 Å². The Morgan fingerprint density at radius 2 is 1.81 bits per heavy atom. The molecule has 3 rings (SSSR count). The molecule has 1 saturated carbocycles. The highest BCUT2D eigenvalue weighted by molar-refractivity contribution is 7.89. The Morgan fingerprint density at radius 1 is 1.22 bits per heavy atom. The summed E-state index contributed by atoms with van der Waals surface area (Å²) in [5.41, 5.74) is -0.843. The first-order chi connectivity index (χ1) is 12.6. The van der Waals surface area contributed by atoms with Crippen molar-refractivity contribution in [3.8, 4) is 0 Å². The number of hydrogen-bond acceptors (Lipinski definition) is 5. The number of aliphatic hydroxyl groups is 1. The van der Waals surface area contributed by atoms with E-state index in [9.17, 15) is 21.6 Å². The van der Waals surface area contributed by atoms with E-state index in [1.165, 1.54) is 4.31 Å². The Hall–Kier alpha value is -0.810. The minimum Gasteiger partial charge on any atom is -0.396 e. The molecule has 10 heteroatoms. The topological polar surface area (TPSA) is 69.6 Å². The maximum atomic E-state index is 12.6. The van der Waals surface area contributed by atoms with Gasteiger partial charge in [0.1, 0.15) is 0 Å². The maximum Gasteiger partial charge on any atom is 0.416 e. The molecule has 2 N–H and O–H groups in total. The molecule has 3 atom stereocenters. The van der Waals surface area contributed by atoms with Crippen molar-refractivity contribution in [1.29, 1.82) is 0 Å². The standard InChI is InChI=1S/C15H19F3N2O2S.C2H6OS/c1-19-14-7-2-10-8-20(9-13(10)14)23(21,22)12-5-3-11(4-6-12)15(16,17)18;3-1-2-4/h3-6,10,13-14,19H,2,7-9H2,1H3;3-4H,1-2H2/t10-,13+,14+;/m1./s1. The zero-order valence-corrected chi connectivity index (χ0v) is 16.7. The Morgan fingerprint density at radius 3 is 2.30 bits per heavy atom. The van der Waals surface area contributed by atoms with Crippen molar-refractivity contribution in [2.45, 2.75) is 30.0 Å². The summed E-state index contributed by atoms with van der Waals surface area (Å²) in [7, 11) is -1.86. The van der Waals surface area contributed by atoms with Crippen LogP contribution >= 0.6 is 12.6 Å². The minimum absolute atomic E-state index is 0.0773. The van der Waals surface area contributed by atoms with E-state index in [1.807, 2.05) is 7.05 Å². The van der Waals surface area contributed by atoms with Crippen molar-refractivity contribution >= 4 is 22.7 Å². The van der Waals surface area contributed by atoms with Gasteiger partial charge in [0, 0.05) is 24.9 Å². The fraction of sp³-hybridized carbons (Fsp3) is 0.647. The van der Waals surface area contributed by atoms with E-state index in [1.54, 1.807) is 0 Å². The fourth-order valence-electron chi connectivity index (χ4n) is 3.74. The van der Waals surface area contributed by atoms with E-state index in [0.29, 0.717) is 30.8 Å². The lowest BCUT2D eigenvalue weighted by Crippen LogP contribution is -2.35. The van der Waals surface area contributed by atoms with Crippen molar-refractivity contribution in [2.24, 2.45) is 11.8 Å². The number of benzene rings is 1. The largest absolute Gasteiger partial charge is 0.416 e. The van der Waals surface area contributed by atoms with Gasteiger partial charge in [-0.25, -0.2) is 8.42 Å². The number of nitrogens with zero attached hydrogens (tertiary/aromatic N) is 1. The van der Waals surface area contributed by atoms with Gasteiger partial charge in [-0.3, -0.25) is 0 Å². The van der Waals surface area contributed by atoms with Gasteiger partial charge in [-0.15, -0.1) is 0 Å². The Labute approximate surface area is 163 Å². The Kier molecular flexibility index (Phi) is 7.60. The van der Waals surface area contributed by atoms with Crippen molar-refractivity contribution in [3.05, 3.63) is 29.8 Å². The number of rotatable bonds is 4.